The van der Waals surface area contributed by atoms with Gasteiger partial charge in [-0.2, -0.15) is 0 Å². The maximum atomic E-state index is 13.9. The lowest BCUT2D eigenvalue weighted by molar-refractivity contribution is -0.140. The number of halogens is 2. The SMILES string of the molecule is COC(=O)CCCCCNC(=S)N1CCN(Cc2c(F)cccc2Cl)CC1. The van der Waals surface area contributed by atoms with E-state index in [4.69, 9.17) is 23.8 Å². The van der Waals surface area contributed by atoms with Crippen molar-refractivity contribution in [3.63, 3.8) is 0 Å². The summed E-state index contributed by atoms with van der Waals surface area (Å²) in [5, 5.41) is 4.51. The molecule has 1 N–H and O–H groups in total. The second kappa shape index (κ2) is 11.4. The molecule has 1 heterocycles. The predicted molar refractivity (Wildman–Crippen MR) is 109 cm³/mol. The van der Waals surface area contributed by atoms with Crippen molar-refractivity contribution in [3.8, 4) is 0 Å². The van der Waals surface area contributed by atoms with E-state index >= 15 is 0 Å². The Hall–Kier alpha value is -1.44. The van der Waals surface area contributed by atoms with Gasteiger partial charge in [0.2, 0.25) is 0 Å². The summed E-state index contributed by atoms with van der Waals surface area (Å²) in [7, 11) is 1.41. The molecule has 0 atom stereocenters. The van der Waals surface area contributed by atoms with Crippen molar-refractivity contribution in [2.24, 2.45) is 0 Å². The van der Waals surface area contributed by atoms with Crippen LogP contribution in [0.25, 0.3) is 0 Å². The highest BCUT2D eigenvalue weighted by molar-refractivity contribution is 7.80. The van der Waals surface area contributed by atoms with Gasteiger partial charge in [-0.3, -0.25) is 9.69 Å². The Morgan fingerprint density at radius 3 is 2.67 bits per heavy atom. The Labute approximate surface area is 170 Å². The van der Waals surface area contributed by atoms with Gasteiger partial charge in [-0.15, -0.1) is 0 Å². The summed E-state index contributed by atoms with van der Waals surface area (Å²) in [6, 6.07) is 4.79. The minimum absolute atomic E-state index is 0.159. The number of hydrogen-bond donors (Lipinski definition) is 1. The van der Waals surface area contributed by atoms with Crippen LogP contribution in [-0.4, -0.2) is 60.7 Å². The first-order chi connectivity index (χ1) is 13.0. The van der Waals surface area contributed by atoms with Crippen molar-refractivity contribution in [1.29, 1.82) is 0 Å². The second-order valence-corrected chi connectivity index (χ2v) is 7.38. The van der Waals surface area contributed by atoms with Crippen molar-refractivity contribution < 1.29 is 13.9 Å². The van der Waals surface area contributed by atoms with Gasteiger partial charge in [0.25, 0.3) is 0 Å². The van der Waals surface area contributed by atoms with Gasteiger partial charge in [0.05, 0.1) is 7.11 Å². The van der Waals surface area contributed by atoms with Crippen LogP contribution in [0.1, 0.15) is 31.2 Å². The molecule has 0 unspecified atom stereocenters. The van der Waals surface area contributed by atoms with Gasteiger partial charge in [0.1, 0.15) is 5.82 Å². The van der Waals surface area contributed by atoms with Gasteiger partial charge < -0.3 is 15.0 Å². The van der Waals surface area contributed by atoms with Crippen LogP contribution in [0.4, 0.5) is 4.39 Å². The lowest BCUT2D eigenvalue weighted by Gasteiger charge is -2.36. The van der Waals surface area contributed by atoms with E-state index in [1.54, 1.807) is 12.1 Å². The van der Waals surface area contributed by atoms with Crippen molar-refractivity contribution in [3.05, 3.63) is 34.6 Å². The summed E-state index contributed by atoms with van der Waals surface area (Å²) in [5.74, 6) is -0.415. The number of hydrogen-bond acceptors (Lipinski definition) is 4. The van der Waals surface area contributed by atoms with Gasteiger partial charge in [-0.05, 0) is 37.2 Å². The Morgan fingerprint density at radius 1 is 1.26 bits per heavy atom. The standard InChI is InChI=1S/C19H27ClFN3O2S/c1-26-18(25)8-3-2-4-9-22-19(27)24-12-10-23(11-13-24)14-15-16(20)6-5-7-17(15)21/h5-7H,2-4,8-14H2,1H3,(H,22,27). The normalized spacial score (nSPS) is 14.9. The van der Waals surface area contributed by atoms with E-state index in [9.17, 15) is 9.18 Å². The maximum absolute atomic E-state index is 13.9. The lowest BCUT2D eigenvalue weighted by atomic mass is 10.2. The summed E-state index contributed by atoms with van der Waals surface area (Å²) in [6.45, 7) is 4.54. The average molecular weight is 416 g/mol. The lowest BCUT2D eigenvalue weighted by Crippen LogP contribution is -2.51. The summed E-state index contributed by atoms with van der Waals surface area (Å²) >= 11 is 11.6. The Kier molecular flexibility index (Phi) is 9.24. The molecule has 0 saturated carbocycles. The highest BCUT2D eigenvalue weighted by atomic mass is 35.5. The number of nitrogens with one attached hydrogen (secondary N) is 1. The Morgan fingerprint density at radius 2 is 2.00 bits per heavy atom. The minimum Gasteiger partial charge on any atom is -0.469 e. The first kappa shape index (κ1) is 21.9. The van der Waals surface area contributed by atoms with Crippen LogP contribution in [0.3, 0.4) is 0 Å². The third-order valence-corrected chi connectivity index (χ3v) is 5.42. The summed E-state index contributed by atoms with van der Waals surface area (Å²) in [4.78, 5) is 15.4. The second-order valence-electron chi connectivity index (χ2n) is 6.58. The number of rotatable bonds is 8. The molecule has 1 fully saturated rings. The van der Waals surface area contributed by atoms with Gasteiger partial charge in [-0.1, -0.05) is 24.1 Å². The van der Waals surface area contributed by atoms with Crippen LogP contribution in [0, 0.1) is 5.82 Å². The molecule has 1 aromatic rings. The maximum Gasteiger partial charge on any atom is 0.305 e. The van der Waals surface area contributed by atoms with Crippen molar-refractivity contribution in [1.82, 2.24) is 15.1 Å². The van der Waals surface area contributed by atoms with E-state index < -0.39 is 0 Å². The minimum atomic E-state index is -0.255. The van der Waals surface area contributed by atoms with Gasteiger partial charge in [0, 0.05) is 56.3 Å². The molecule has 0 amide bonds. The molecule has 1 saturated heterocycles. The number of piperazine rings is 1. The number of esters is 1. The number of thiocarbonyl (C=S) groups is 1. The van der Waals surface area contributed by atoms with Crippen LogP contribution in [0.15, 0.2) is 18.2 Å². The van der Waals surface area contributed by atoms with Gasteiger partial charge in [-0.25, -0.2) is 4.39 Å². The number of methoxy groups -OCH3 is 1. The number of carbonyl (C=O) groups excluding carboxylic acids is 1. The first-order valence-corrected chi connectivity index (χ1v) is 10.0. The largest absolute Gasteiger partial charge is 0.469 e. The van der Waals surface area contributed by atoms with E-state index in [1.807, 2.05) is 0 Å². The Balaban J connectivity index is 1.63. The zero-order valence-corrected chi connectivity index (χ0v) is 17.3. The number of nitrogens with zero attached hydrogens (tertiary/aromatic N) is 2. The molecule has 5 nitrogen and oxygen atoms in total. The smallest absolute Gasteiger partial charge is 0.305 e. The fourth-order valence-corrected chi connectivity index (χ4v) is 3.50. The van der Waals surface area contributed by atoms with Crippen molar-refractivity contribution in [2.45, 2.75) is 32.2 Å². The highest BCUT2D eigenvalue weighted by Crippen LogP contribution is 2.21. The fraction of sp³-hybridized carbons (Fsp3) is 0.579. The molecule has 0 spiro atoms. The van der Waals surface area contributed by atoms with Crippen LogP contribution >= 0.6 is 23.8 Å². The number of ether oxygens (including phenoxy) is 1. The van der Waals surface area contributed by atoms with E-state index in [0.717, 1.165) is 57.1 Å². The van der Waals surface area contributed by atoms with E-state index in [-0.39, 0.29) is 11.8 Å². The molecule has 1 aliphatic heterocycles. The molecule has 1 aromatic carbocycles. The molecule has 0 radical (unpaired) electrons. The molecule has 150 valence electrons. The molecule has 2 rings (SSSR count). The zero-order valence-electron chi connectivity index (χ0n) is 15.7. The van der Waals surface area contributed by atoms with Gasteiger partial charge >= 0.3 is 5.97 Å². The highest BCUT2D eigenvalue weighted by Gasteiger charge is 2.20. The summed E-state index contributed by atoms with van der Waals surface area (Å²) in [6.07, 6.45) is 3.22. The van der Waals surface area contributed by atoms with Crippen LogP contribution in [-0.2, 0) is 16.1 Å². The van der Waals surface area contributed by atoms with Crippen LogP contribution in [0.2, 0.25) is 5.02 Å². The van der Waals surface area contributed by atoms with E-state index in [0.29, 0.717) is 23.6 Å². The van der Waals surface area contributed by atoms with Crippen molar-refractivity contribution >= 4 is 34.9 Å². The molecule has 0 aromatic heterocycles. The van der Waals surface area contributed by atoms with Crippen LogP contribution < -0.4 is 5.32 Å². The van der Waals surface area contributed by atoms with Crippen molar-refractivity contribution in [2.75, 3.05) is 39.8 Å². The first-order valence-electron chi connectivity index (χ1n) is 9.26. The number of benzene rings is 1. The average Bonchev–Trinajstić information content (AvgIpc) is 2.67. The molecule has 8 heteroatoms. The predicted octanol–water partition coefficient (Wildman–Crippen LogP) is 3.20. The van der Waals surface area contributed by atoms with Crippen LogP contribution in [0.5, 0.6) is 0 Å². The zero-order chi connectivity index (χ0) is 19.6. The topological polar surface area (TPSA) is 44.8 Å². The number of carbonyl (C=O) groups is 1. The molecular weight excluding hydrogens is 389 g/mol. The monoisotopic (exact) mass is 415 g/mol. The molecule has 27 heavy (non-hydrogen) atoms. The molecular formula is C19H27ClFN3O2S. The third-order valence-electron chi connectivity index (χ3n) is 4.66. The third kappa shape index (κ3) is 7.24. The molecule has 0 bridgehead atoms. The van der Waals surface area contributed by atoms with E-state index in [2.05, 4.69) is 19.9 Å². The summed E-state index contributed by atoms with van der Waals surface area (Å²) < 4.78 is 18.5. The quantitative estimate of drug-likeness (QED) is 0.399. The molecule has 0 aliphatic carbocycles. The number of unbranched alkanes of at least 4 members (excludes halogenated alkanes) is 2. The Bertz CT molecular complexity index is 619. The fourth-order valence-electron chi connectivity index (χ4n) is 3.00. The van der Waals surface area contributed by atoms with Gasteiger partial charge in [0.15, 0.2) is 5.11 Å². The molecule has 1 aliphatic rings. The summed E-state index contributed by atoms with van der Waals surface area (Å²) in [5.41, 5.74) is 0.556. The van der Waals surface area contributed by atoms with E-state index in [1.165, 1.54) is 13.2 Å².